The summed E-state index contributed by atoms with van der Waals surface area (Å²) in [6.07, 6.45) is 0. The fraction of sp³-hybridized carbons (Fsp3) is 0. The molecule has 0 aliphatic rings. The Hall–Kier alpha value is -1.25. The third kappa shape index (κ3) is 1.91. The summed E-state index contributed by atoms with van der Waals surface area (Å²) in [5, 5.41) is 1.19. The summed E-state index contributed by atoms with van der Waals surface area (Å²) in [4.78, 5) is 10.9. The van der Waals surface area contributed by atoms with Crippen molar-refractivity contribution in [3.8, 4) is 0 Å². The van der Waals surface area contributed by atoms with Gasteiger partial charge in [-0.3, -0.25) is 4.79 Å². The summed E-state index contributed by atoms with van der Waals surface area (Å²) in [7, 11) is 0. The van der Waals surface area contributed by atoms with Crippen LogP contribution in [0.15, 0.2) is 42.5 Å². The van der Waals surface area contributed by atoms with Gasteiger partial charge in [0.15, 0.2) is 0 Å². The zero-order valence-corrected chi connectivity index (χ0v) is 9.16. The van der Waals surface area contributed by atoms with Gasteiger partial charge in [-0.05, 0) is 23.1 Å². The van der Waals surface area contributed by atoms with E-state index in [1.165, 1.54) is 0 Å². The second-order valence-corrected chi connectivity index (χ2v) is 3.69. The van der Waals surface area contributed by atoms with Gasteiger partial charge < -0.3 is 0 Å². The zero-order valence-electron chi connectivity index (χ0n) is 7.65. The van der Waals surface area contributed by atoms with Crippen LogP contribution in [0.1, 0.15) is 0 Å². The van der Waals surface area contributed by atoms with E-state index in [0.717, 1.165) is 15.2 Å². The highest BCUT2D eigenvalue weighted by Crippen LogP contribution is 2.28. The first-order valence-corrected chi connectivity index (χ1v) is 5.05. The van der Waals surface area contributed by atoms with Crippen molar-refractivity contribution in [2.24, 2.45) is 0 Å². The second kappa shape index (κ2) is 4.09. The highest BCUT2D eigenvalue weighted by Gasteiger charge is 2.12. The molecule has 0 N–H and O–H groups in total. The van der Waals surface area contributed by atoms with Crippen LogP contribution in [0, 0.1) is 0 Å². The molecule has 0 saturated heterocycles. The van der Waals surface area contributed by atoms with Crippen LogP contribution in [0.2, 0.25) is 0 Å². The second-order valence-electron chi connectivity index (χ2n) is 3.03. The summed E-state index contributed by atoms with van der Waals surface area (Å²) in [6.45, 7) is 0. The first-order chi connectivity index (χ1) is 7.20. The van der Waals surface area contributed by atoms with E-state index in [0.29, 0.717) is 5.69 Å². The van der Waals surface area contributed by atoms with Crippen LogP contribution in [0.3, 0.4) is 0 Å². The van der Waals surface area contributed by atoms with Crippen molar-refractivity contribution in [2.75, 3.05) is 4.42 Å². The Labute approximate surface area is 97.1 Å². The Morgan fingerprint density at radius 3 is 2.47 bits per heavy atom. The number of halogens is 2. The van der Waals surface area contributed by atoms with Crippen molar-refractivity contribution in [2.45, 2.75) is 0 Å². The lowest BCUT2D eigenvalue weighted by atomic mass is 10.1. The van der Waals surface area contributed by atoms with Crippen LogP contribution in [0.25, 0.3) is 10.8 Å². The minimum Gasteiger partial charge on any atom is -0.254 e. The van der Waals surface area contributed by atoms with Gasteiger partial charge in [0.1, 0.15) is 0 Å². The molecule has 0 fully saturated rings. The van der Waals surface area contributed by atoms with Crippen molar-refractivity contribution in [3.05, 3.63) is 42.5 Å². The SMILES string of the molecule is O=C(Cl)N(Cl)c1cccc2ccccc12. The van der Waals surface area contributed by atoms with Crippen LogP contribution in [0.5, 0.6) is 0 Å². The third-order valence-corrected chi connectivity index (χ3v) is 2.72. The average Bonchev–Trinajstić information content (AvgIpc) is 2.27. The van der Waals surface area contributed by atoms with Crippen LogP contribution in [-0.2, 0) is 0 Å². The largest absolute Gasteiger partial charge is 0.335 e. The summed E-state index contributed by atoms with van der Waals surface area (Å²) in [5.74, 6) is 0. The molecule has 2 aromatic rings. The van der Waals surface area contributed by atoms with Crippen LogP contribution in [0.4, 0.5) is 10.5 Å². The van der Waals surface area contributed by atoms with Gasteiger partial charge in [0, 0.05) is 17.2 Å². The summed E-state index contributed by atoms with van der Waals surface area (Å²) in [6, 6.07) is 13.2. The average molecular weight is 240 g/mol. The summed E-state index contributed by atoms with van der Waals surface area (Å²) >= 11 is 11.1. The number of anilines is 1. The quantitative estimate of drug-likeness (QED) is 0.416. The number of hydrogen-bond acceptors (Lipinski definition) is 1. The third-order valence-electron chi connectivity index (χ3n) is 2.13. The fourth-order valence-electron chi connectivity index (χ4n) is 1.47. The molecule has 0 unspecified atom stereocenters. The minimum absolute atomic E-state index is 0.592. The van der Waals surface area contributed by atoms with Crippen molar-refractivity contribution < 1.29 is 4.79 Å². The van der Waals surface area contributed by atoms with Crippen LogP contribution in [-0.4, -0.2) is 5.37 Å². The summed E-state index contributed by atoms with van der Waals surface area (Å²) in [5.41, 5.74) is 0.592. The lowest BCUT2D eigenvalue weighted by Gasteiger charge is -2.12. The maximum atomic E-state index is 10.9. The van der Waals surface area contributed by atoms with E-state index < -0.39 is 5.37 Å². The standard InChI is InChI=1S/C11H7Cl2NO/c12-11(15)14(13)10-7-3-5-8-4-1-2-6-9(8)10/h1-7H. The van der Waals surface area contributed by atoms with Crippen LogP contribution >= 0.6 is 23.4 Å². The van der Waals surface area contributed by atoms with E-state index in [9.17, 15) is 4.79 Å². The Morgan fingerprint density at radius 1 is 1.07 bits per heavy atom. The normalized spacial score (nSPS) is 10.3. The smallest absolute Gasteiger partial charge is 0.254 e. The van der Waals surface area contributed by atoms with E-state index in [2.05, 4.69) is 0 Å². The number of amides is 1. The van der Waals surface area contributed by atoms with Gasteiger partial charge in [-0.1, -0.05) is 36.4 Å². The Balaban J connectivity index is 2.65. The zero-order chi connectivity index (χ0) is 10.8. The molecule has 0 atom stereocenters. The highest BCUT2D eigenvalue weighted by atomic mass is 35.5. The molecule has 1 amide bonds. The Morgan fingerprint density at radius 2 is 1.73 bits per heavy atom. The molecule has 76 valence electrons. The van der Waals surface area contributed by atoms with Gasteiger partial charge in [-0.25, -0.2) is 4.42 Å². The predicted octanol–water partition coefficient (Wildman–Crippen LogP) is 4.16. The predicted molar refractivity (Wildman–Crippen MR) is 63.5 cm³/mol. The van der Waals surface area contributed by atoms with Gasteiger partial charge in [-0.2, -0.15) is 0 Å². The molecule has 0 aliphatic carbocycles. The lowest BCUT2D eigenvalue weighted by Crippen LogP contribution is -2.12. The number of rotatable bonds is 1. The van der Waals surface area contributed by atoms with Gasteiger partial charge in [0.25, 0.3) is 0 Å². The van der Waals surface area contributed by atoms with Gasteiger partial charge in [0.2, 0.25) is 0 Å². The molecule has 4 heteroatoms. The summed E-state index contributed by atoms with van der Waals surface area (Å²) < 4.78 is 0.907. The van der Waals surface area contributed by atoms with Crippen molar-refractivity contribution in [1.82, 2.24) is 0 Å². The maximum absolute atomic E-state index is 10.9. The van der Waals surface area contributed by atoms with E-state index in [1.54, 1.807) is 6.07 Å². The molecule has 2 nitrogen and oxygen atoms in total. The number of carbonyl (C=O) groups excluding carboxylic acids is 1. The maximum Gasteiger partial charge on any atom is 0.335 e. The molecule has 0 heterocycles. The van der Waals surface area contributed by atoms with E-state index in [1.807, 2.05) is 36.4 Å². The van der Waals surface area contributed by atoms with Crippen molar-refractivity contribution in [3.63, 3.8) is 0 Å². The van der Waals surface area contributed by atoms with Crippen molar-refractivity contribution >= 4 is 45.2 Å². The first-order valence-electron chi connectivity index (χ1n) is 4.33. The molecule has 0 saturated carbocycles. The number of hydrogen-bond donors (Lipinski definition) is 0. The topological polar surface area (TPSA) is 20.3 Å². The number of nitrogens with zero attached hydrogens (tertiary/aromatic N) is 1. The fourth-order valence-corrected chi connectivity index (χ4v) is 1.71. The highest BCUT2D eigenvalue weighted by molar-refractivity contribution is 6.71. The lowest BCUT2D eigenvalue weighted by molar-refractivity contribution is 0.267. The Kier molecular flexibility index (Phi) is 2.80. The van der Waals surface area contributed by atoms with Crippen LogP contribution < -0.4 is 4.42 Å². The molecule has 0 bridgehead atoms. The molecule has 0 aliphatic heterocycles. The monoisotopic (exact) mass is 239 g/mol. The molecule has 0 radical (unpaired) electrons. The molecular weight excluding hydrogens is 233 g/mol. The number of benzene rings is 2. The van der Waals surface area contributed by atoms with Gasteiger partial charge in [0.05, 0.1) is 5.69 Å². The molecule has 0 spiro atoms. The molecule has 2 rings (SSSR count). The minimum atomic E-state index is -0.715. The van der Waals surface area contributed by atoms with Gasteiger partial charge in [-0.15, -0.1) is 0 Å². The number of carbonyl (C=O) groups is 1. The molecule has 15 heavy (non-hydrogen) atoms. The molecule has 2 aromatic carbocycles. The molecular formula is C11H7Cl2NO. The van der Waals surface area contributed by atoms with Gasteiger partial charge >= 0.3 is 5.37 Å². The van der Waals surface area contributed by atoms with E-state index >= 15 is 0 Å². The Bertz CT molecular complexity index is 507. The first kappa shape index (κ1) is 10.3. The van der Waals surface area contributed by atoms with E-state index in [4.69, 9.17) is 23.4 Å². The molecule has 0 aromatic heterocycles. The van der Waals surface area contributed by atoms with Crippen molar-refractivity contribution in [1.29, 1.82) is 0 Å². The number of fused-ring (bicyclic) bond motifs is 1. The van der Waals surface area contributed by atoms with E-state index in [-0.39, 0.29) is 0 Å².